The first-order valence-electron chi connectivity index (χ1n) is 4.61. The van der Waals surface area contributed by atoms with Gasteiger partial charge in [0.2, 0.25) is 0 Å². The van der Waals surface area contributed by atoms with Crippen molar-refractivity contribution in [2.24, 2.45) is 0 Å². The minimum Gasteiger partial charge on any atom is -0.278 e. The van der Waals surface area contributed by atoms with Crippen molar-refractivity contribution >= 4 is 22.5 Å². The van der Waals surface area contributed by atoms with Gasteiger partial charge in [0.05, 0.1) is 11.7 Å². The molecule has 0 aliphatic heterocycles. The molecule has 3 heteroatoms. The van der Waals surface area contributed by atoms with E-state index < -0.39 is 0 Å². The van der Waals surface area contributed by atoms with E-state index in [9.17, 15) is 0 Å². The standard InChI is InChI=1S/C11H13ClN2/c1-11(2,3)9-5-8(12)4-7-6-13-14-10(7)9/h4-6H,1-3H3,(H,13,14). The number of halogens is 1. The Balaban J connectivity index is 2.80. The van der Waals surface area contributed by atoms with Crippen molar-refractivity contribution in [3.8, 4) is 0 Å². The van der Waals surface area contributed by atoms with Crippen LogP contribution in [0.15, 0.2) is 18.3 Å². The van der Waals surface area contributed by atoms with Crippen molar-refractivity contribution < 1.29 is 0 Å². The average molecular weight is 209 g/mol. The second-order valence-corrected chi connectivity index (χ2v) is 4.97. The predicted octanol–water partition coefficient (Wildman–Crippen LogP) is 3.51. The number of benzene rings is 1. The quantitative estimate of drug-likeness (QED) is 0.705. The van der Waals surface area contributed by atoms with Crippen LogP contribution in [0, 0.1) is 0 Å². The van der Waals surface area contributed by atoms with Crippen molar-refractivity contribution in [1.29, 1.82) is 0 Å². The molecule has 0 unspecified atom stereocenters. The van der Waals surface area contributed by atoms with Crippen molar-refractivity contribution in [1.82, 2.24) is 10.2 Å². The third-order valence-electron chi connectivity index (χ3n) is 2.32. The topological polar surface area (TPSA) is 28.7 Å². The summed E-state index contributed by atoms with van der Waals surface area (Å²) in [6.45, 7) is 6.50. The summed E-state index contributed by atoms with van der Waals surface area (Å²) in [4.78, 5) is 0. The molecule has 0 saturated heterocycles. The fourth-order valence-corrected chi connectivity index (χ4v) is 1.84. The van der Waals surface area contributed by atoms with E-state index in [-0.39, 0.29) is 5.41 Å². The van der Waals surface area contributed by atoms with E-state index in [4.69, 9.17) is 11.6 Å². The Hall–Kier alpha value is -1.02. The smallest absolute Gasteiger partial charge is 0.0688 e. The molecular formula is C11H13ClN2. The molecule has 2 rings (SSSR count). The summed E-state index contributed by atoms with van der Waals surface area (Å²) in [6, 6.07) is 3.93. The number of hydrogen-bond donors (Lipinski definition) is 1. The van der Waals surface area contributed by atoms with Crippen LogP contribution < -0.4 is 0 Å². The summed E-state index contributed by atoms with van der Waals surface area (Å²) in [5.74, 6) is 0. The largest absolute Gasteiger partial charge is 0.278 e. The Morgan fingerprint density at radius 1 is 1.29 bits per heavy atom. The molecule has 14 heavy (non-hydrogen) atoms. The number of hydrogen-bond acceptors (Lipinski definition) is 1. The van der Waals surface area contributed by atoms with Gasteiger partial charge in [-0.3, -0.25) is 5.10 Å². The molecule has 0 radical (unpaired) electrons. The SMILES string of the molecule is CC(C)(C)c1cc(Cl)cc2cn[nH]c12. The second-order valence-electron chi connectivity index (χ2n) is 4.54. The minimum atomic E-state index is 0.0791. The van der Waals surface area contributed by atoms with Crippen molar-refractivity contribution in [2.45, 2.75) is 26.2 Å². The van der Waals surface area contributed by atoms with Gasteiger partial charge < -0.3 is 0 Å². The number of H-pyrrole nitrogens is 1. The molecule has 1 aromatic heterocycles. The molecule has 0 aliphatic rings. The highest BCUT2D eigenvalue weighted by Crippen LogP contribution is 2.31. The Labute approximate surface area is 88.3 Å². The lowest BCUT2D eigenvalue weighted by molar-refractivity contribution is 0.594. The molecule has 0 fully saturated rings. The first kappa shape index (κ1) is 9.53. The number of aromatic amines is 1. The number of aromatic nitrogens is 2. The molecule has 0 atom stereocenters. The van der Waals surface area contributed by atoms with Crippen LogP contribution in [0.5, 0.6) is 0 Å². The monoisotopic (exact) mass is 208 g/mol. The molecule has 1 N–H and O–H groups in total. The van der Waals surface area contributed by atoms with Crippen molar-refractivity contribution in [2.75, 3.05) is 0 Å². The number of fused-ring (bicyclic) bond motifs is 1. The van der Waals surface area contributed by atoms with Crippen LogP contribution in [0.4, 0.5) is 0 Å². The summed E-state index contributed by atoms with van der Waals surface area (Å²) in [7, 11) is 0. The van der Waals surface area contributed by atoms with E-state index in [0.29, 0.717) is 0 Å². The zero-order valence-corrected chi connectivity index (χ0v) is 9.31. The van der Waals surface area contributed by atoms with Gasteiger partial charge in [-0.15, -0.1) is 0 Å². The van der Waals surface area contributed by atoms with Crippen LogP contribution in [0.2, 0.25) is 5.02 Å². The maximum Gasteiger partial charge on any atom is 0.0688 e. The summed E-state index contributed by atoms with van der Waals surface area (Å²) in [5.41, 5.74) is 2.37. The second kappa shape index (κ2) is 2.99. The normalized spacial score (nSPS) is 12.3. The van der Waals surface area contributed by atoms with Gasteiger partial charge in [0.15, 0.2) is 0 Å². The number of nitrogens with one attached hydrogen (secondary N) is 1. The Morgan fingerprint density at radius 3 is 2.64 bits per heavy atom. The van der Waals surface area contributed by atoms with Crippen LogP contribution in [-0.4, -0.2) is 10.2 Å². The molecule has 0 aliphatic carbocycles. The fraction of sp³-hybridized carbons (Fsp3) is 0.364. The van der Waals surface area contributed by atoms with E-state index in [1.54, 1.807) is 6.20 Å². The van der Waals surface area contributed by atoms with E-state index in [1.807, 2.05) is 12.1 Å². The fourth-order valence-electron chi connectivity index (χ4n) is 1.61. The van der Waals surface area contributed by atoms with Crippen LogP contribution in [0.3, 0.4) is 0 Å². The maximum atomic E-state index is 6.05. The molecule has 74 valence electrons. The van der Waals surface area contributed by atoms with E-state index in [1.165, 1.54) is 5.56 Å². The molecule has 0 bridgehead atoms. The average Bonchev–Trinajstić information content (AvgIpc) is 2.47. The Bertz CT molecular complexity index is 466. The molecular weight excluding hydrogens is 196 g/mol. The summed E-state index contributed by atoms with van der Waals surface area (Å²) in [6.07, 6.45) is 1.80. The Morgan fingerprint density at radius 2 is 2.00 bits per heavy atom. The van der Waals surface area contributed by atoms with Gasteiger partial charge >= 0.3 is 0 Å². The zero-order chi connectivity index (χ0) is 10.3. The lowest BCUT2D eigenvalue weighted by Crippen LogP contribution is -2.11. The molecule has 1 heterocycles. The summed E-state index contributed by atoms with van der Waals surface area (Å²) < 4.78 is 0. The lowest BCUT2D eigenvalue weighted by Gasteiger charge is -2.19. The lowest BCUT2D eigenvalue weighted by atomic mass is 9.86. The third-order valence-corrected chi connectivity index (χ3v) is 2.54. The number of nitrogens with zero attached hydrogens (tertiary/aromatic N) is 1. The molecule has 0 spiro atoms. The van der Waals surface area contributed by atoms with Crippen LogP contribution in [0.1, 0.15) is 26.3 Å². The minimum absolute atomic E-state index is 0.0791. The third kappa shape index (κ3) is 1.50. The Kier molecular flexibility index (Phi) is 2.04. The maximum absolute atomic E-state index is 6.05. The summed E-state index contributed by atoms with van der Waals surface area (Å²) in [5, 5.41) is 8.89. The van der Waals surface area contributed by atoms with Gasteiger partial charge in [0, 0.05) is 10.4 Å². The van der Waals surface area contributed by atoms with Gasteiger partial charge in [-0.25, -0.2) is 0 Å². The molecule has 2 nitrogen and oxygen atoms in total. The predicted molar refractivity (Wildman–Crippen MR) is 59.8 cm³/mol. The van der Waals surface area contributed by atoms with E-state index >= 15 is 0 Å². The van der Waals surface area contributed by atoms with Crippen LogP contribution in [0.25, 0.3) is 10.9 Å². The van der Waals surface area contributed by atoms with E-state index in [2.05, 4.69) is 31.0 Å². The highest BCUT2D eigenvalue weighted by Gasteiger charge is 2.18. The first-order chi connectivity index (χ1) is 6.48. The van der Waals surface area contributed by atoms with Gasteiger partial charge in [-0.05, 0) is 23.1 Å². The molecule has 0 amide bonds. The molecule has 0 saturated carbocycles. The van der Waals surface area contributed by atoms with Crippen LogP contribution in [-0.2, 0) is 5.41 Å². The number of rotatable bonds is 0. The van der Waals surface area contributed by atoms with Gasteiger partial charge in [0.25, 0.3) is 0 Å². The van der Waals surface area contributed by atoms with E-state index in [0.717, 1.165) is 15.9 Å². The van der Waals surface area contributed by atoms with Gasteiger partial charge in [0.1, 0.15) is 0 Å². The molecule has 2 aromatic rings. The zero-order valence-electron chi connectivity index (χ0n) is 8.56. The highest BCUT2D eigenvalue weighted by atomic mass is 35.5. The summed E-state index contributed by atoms with van der Waals surface area (Å²) >= 11 is 6.05. The molecule has 1 aromatic carbocycles. The first-order valence-corrected chi connectivity index (χ1v) is 4.99. The highest BCUT2D eigenvalue weighted by molar-refractivity contribution is 6.31. The van der Waals surface area contributed by atoms with Gasteiger partial charge in [-0.1, -0.05) is 32.4 Å². The van der Waals surface area contributed by atoms with Crippen LogP contribution >= 0.6 is 11.6 Å². The van der Waals surface area contributed by atoms with Gasteiger partial charge in [-0.2, -0.15) is 5.10 Å². The van der Waals surface area contributed by atoms with Crippen molar-refractivity contribution in [3.05, 3.63) is 28.9 Å². The van der Waals surface area contributed by atoms with Crippen molar-refractivity contribution in [3.63, 3.8) is 0 Å².